The van der Waals surface area contributed by atoms with Crippen LogP contribution in [0.15, 0.2) is 30.3 Å². The number of benzene rings is 1. The van der Waals surface area contributed by atoms with Gasteiger partial charge in [0.15, 0.2) is 5.78 Å². The van der Waals surface area contributed by atoms with E-state index < -0.39 is 5.78 Å². The van der Waals surface area contributed by atoms with Gasteiger partial charge >= 0.3 is 0 Å². The Kier molecular flexibility index (Phi) is 3.46. The summed E-state index contributed by atoms with van der Waals surface area (Å²) < 4.78 is 0. The van der Waals surface area contributed by atoms with Gasteiger partial charge in [0.1, 0.15) is 0 Å². The molecule has 14 heavy (non-hydrogen) atoms. The average molecular weight is 187 g/mol. The van der Waals surface area contributed by atoms with Gasteiger partial charge in [0.05, 0.1) is 0 Å². The third-order valence-electron chi connectivity index (χ3n) is 1.85. The van der Waals surface area contributed by atoms with Gasteiger partial charge < -0.3 is 4.90 Å². The summed E-state index contributed by atoms with van der Waals surface area (Å²) >= 11 is 0. The first kappa shape index (κ1) is 10.5. The SMILES string of the molecule is [CH]C(=O)/C=C/c1ccc(N(C)C)cc1. The maximum Gasteiger partial charge on any atom is 0.160 e. The van der Waals surface area contributed by atoms with E-state index in [-0.39, 0.29) is 0 Å². The smallest absolute Gasteiger partial charge is 0.160 e. The van der Waals surface area contributed by atoms with Gasteiger partial charge in [-0.25, -0.2) is 0 Å². The highest BCUT2D eigenvalue weighted by Crippen LogP contribution is 2.12. The molecule has 0 spiro atoms. The normalized spacial score (nSPS) is 10.5. The van der Waals surface area contributed by atoms with Crippen LogP contribution in [-0.4, -0.2) is 19.9 Å². The van der Waals surface area contributed by atoms with Gasteiger partial charge in [-0.3, -0.25) is 4.79 Å². The number of hydrogen-bond donors (Lipinski definition) is 0. The molecule has 2 radical (unpaired) electrons. The fourth-order valence-corrected chi connectivity index (χ4v) is 1.06. The van der Waals surface area contributed by atoms with Gasteiger partial charge in [0, 0.05) is 26.7 Å². The summed E-state index contributed by atoms with van der Waals surface area (Å²) in [7, 11) is 3.96. The summed E-state index contributed by atoms with van der Waals surface area (Å²) in [6.07, 6.45) is 3.05. The van der Waals surface area contributed by atoms with E-state index in [1.54, 1.807) is 6.08 Å². The van der Waals surface area contributed by atoms with Crippen molar-refractivity contribution in [2.45, 2.75) is 0 Å². The van der Waals surface area contributed by atoms with Gasteiger partial charge in [-0.1, -0.05) is 18.2 Å². The number of carbonyl (C=O) groups excluding carboxylic acids is 1. The maximum atomic E-state index is 10.5. The van der Waals surface area contributed by atoms with Crippen LogP contribution >= 0.6 is 0 Å². The molecule has 0 bridgehead atoms. The Balaban J connectivity index is 2.78. The zero-order valence-corrected chi connectivity index (χ0v) is 8.40. The van der Waals surface area contributed by atoms with Crippen LogP contribution in [0.3, 0.4) is 0 Å². The van der Waals surface area contributed by atoms with E-state index in [0.717, 1.165) is 11.3 Å². The number of nitrogens with zero attached hydrogens (tertiary/aromatic N) is 1. The minimum absolute atomic E-state index is 0.429. The number of rotatable bonds is 3. The maximum absolute atomic E-state index is 10.5. The second kappa shape index (κ2) is 4.61. The summed E-state index contributed by atoms with van der Waals surface area (Å²) in [5, 5.41) is 0. The first-order valence-electron chi connectivity index (χ1n) is 4.34. The van der Waals surface area contributed by atoms with E-state index in [0.29, 0.717) is 0 Å². The van der Waals surface area contributed by atoms with Gasteiger partial charge in [0.25, 0.3) is 0 Å². The van der Waals surface area contributed by atoms with Crippen molar-refractivity contribution >= 4 is 17.5 Å². The molecule has 0 fully saturated rings. The molecule has 72 valence electrons. The molecular weight excluding hydrogens is 174 g/mol. The molecule has 0 atom stereocenters. The quantitative estimate of drug-likeness (QED) is 0.675. The first-order chi connectivity index (χ1) is 6.59. The van der Waals surface area contributed by atoms with Crippen molar-refractivity contribution in [3.63, 3.8) is 0 Å². The van der Waals surface area contributed by atoms with Gasteiger partial charge in [-0.2, -0.15) is 0 Å². The lowest BCUT2D eigenvalue weighted by molar-refractivity contribution is -0.110. The van der Waals surface area contributed by atoms with Crippen LogP contribution < -0.4 is 4.90 Å². The van der Waals surface area contributed by atoms with Crippen molar-refractivity contribution < 1.29 is 4.79 Å². The topological polar surface area (TPSA) is 20.3 Å². The molecule has 0 heterocycles. The predicted octanol–water partition coefficient (Wildman–Crippen LogP) is 2.05. The van der Waals surface area contributed by atoms with Crippen molar-refractivity contribution in [2.75, 3.05) is 19.0 Å². The molecular formula is C12H13NO. The van der Waals surface area contributed by atoms with Crippen LogP contribution in [0, 0.1) is 6.92 Å². The van der Waals surface area contributed by atoms with Crippen LogP contribution in [0.4, 0.5) is 5.69 Å². The molecule has 0 saturated heterocycles. The standard InChI is InChI=1S/C12H13NO/c1-10(14)4-5-11-6-8-12(9-7-11)13(2)3/h1,4-9H,2-3H3/b5-4+. The van der Waals surface area contributed by atoms with Gasteiger partial charge in [-0.05, 0) is 23.8 Å². The van der Waals surface area contributed by atoms with Crippen LogP contribution in [0.2, 0.25) is 0 Å². The highest BCUT2D eigenvalue weighted by molar-refractivity contribution is 5.96. The molecule has 1 aromatic carbocycles. The lowest BCUT2D eigenvalue weighted by Crippen LogP contribution is -2.07. The zero-order valence-electron chi connectivity index (χ0n) is 8.40. The molecule has 0 unspecified atom stereocenters. The van der Waals surface area contributed by atoms with Crippen LogP contribution in [0.5, 0.6) is 0 Å². The van der Waals surface area contributed by atoms with Crippen molar-refractivity contribution in [3.05, 3.63) is 42.8 Å². The molecule has 2 nitrogen and oxygen atoms in total. The van der Waals surface area contributed by atoms with Gasteiger partial charge in [0.2, 0.25) is 0 Å². The highest BCUT2D eigenvalue weighted by Gasteiger charge is 1.93. The summed E-state index contributed by atoms with van der Waals surface area (Å²) in [6, 6.07) is 7.85. The Morgan fingerprint density at radius 3 is 2.29 bits per heavy atom. The monoisotopic (exact) mass is 187 g/mol. The van der Waals surface area contributed by atoms with Crippen molar-refractivity contribution in [3.8, 4) is 0 Å². The molecule has 1 rings (SSSR count). The third-order valence-corrected chi connectivity index (χ3v) is 1.85. The predicted molar refractivity (Wildman–Crippen MR) is 59.1 cm³/mol. The van der Waals surface area contributed by atoms with E-state index >= 15 is 0 Å². The Labute approximate surface area is 84.9 Å². The molecule has 0 N–H and O–H groups in total. The number of hydrogen-bond acceptors (Lipinski definition) is 2. The molecule has 0 aliphatic heterocycles. The van der Waals surface area contributed by atoms with Crippen LogP contribution in [-0.2, 0) is 4.79 Å². The molecule has 0 amide bonds. The van der Waals surface area contributed by atoms with E-state index in [9.17, 15) is 4.79 Å². The fraction of sp³-hybridized carbons (Fsp3) is 0.167. The van der Waals surface area contributed by atoms with Crippen LogP contribution in [0.25, 0.3) is 6.08 Å². The Hall–Kier alpha value is -1.57. The van der Waals surface area contributed by atoms with E-state index in [4.69, 9.17) is 6.92 Å². The number of ketones is 1. The van der Waals surface area contributed by atoms with E-state index in [2.05, 4.69) is 0 Å². The Morgan fingerprint density at radius 2 is 1.86 bits per heavy atom. The number of allylic oxidation sites excluding steroid dienone is 1. The van der Waals surface area contributed by atoms with E-state index in [1.165, 1.54) is 6.08 Å². The molecule has 0 aliphatic rings. The summed E-state index contributed by atoms with van der Waals surface area (Å²) in [6.45, 7) is 4.98. The van der Waals surface area contributed by atoms with Crippen molar-refractivity contribution in [1.29, 1.82) is 0 Å². The third kappa shape index (κ3) is 3.05. The largest absolute Gasteiger partial charge is 0.378 e. The minimum Gasteiger partial charge on any atom is -0.378 e. The van der Waals surface area contributed by atoms with E-state index in [1.807, 2.05) is 43.3 Å². The lowest BCUT2D eigenvalue weighted by Gasteiger charge is -2.11. The lowest BCUT2D eigenvalue weighted by atomic mass is 10.2. The summed E-state index contributed by atoms with van der Waals surface area (Å²) in [5.41, 5.74) is 2.09. The molecule has 0 aliphatic carbocycles. The average Bonchev–Trinajstić information content (AvgIpc) is 2.15. The van der Waals surface area contributed by atoms with Gasteiger partial charge in [-0.15, -0.1) is 0 Å². The second-order valence-corrected chi connectivity index (χ2v) is 3.22. The zero-order chi connectivity index (χ0) is 10.6. The Bertz CT molecular complexity index is 336. The fourth-order valence-electron chi connectivity index (χ4n) is 1.06. The first-order valence-corrected chi connectivity index (χ1v) is 4.34. The van der Waals surface area contributed by atoms with Crippen molar-refractivity contribution in [2.24, 2.45) is 0 Å². The van der Waals surface area contributed by atoms with Crippen molar-refractivity contribution in [1.82, 2.24) is 0 Å². The molecule has 2 heteroatoms. The summed E-state index contributed by atoms with van der Waals surface area (Å²) in [4.78, 5) is 12.5. The molecule has 1 aromatic rings. The summed E-state index contributed by atoms with van der Waals surface area (Å²) in [5.74, 6) is -0.429. The van der Waals surface area contributed by atoms with Crippen LogP contribution in [0.1, 0.15) is 5.56 Å². The molecule has 0 aromatic heterocycles. The highest BCUT2D eigenvalue weighted by atomic mass is 16.1. The number of carbonyl (C=O) groups is 1. The minimum atomic E-state index is -0.429. The molecule has 0 saturated carbocycles. The second-order valence-electron chi connectivity index (χ2n) is 3.22. The number of anilines is 1. The Morgan fingerprint density at radius 1 is 1.29 bits per heavy atom.